The molecule has 0 aromatic rings. The van der Waals surface area contributed by atoms with Crippen LogP contribution in [0.4, 0.5) is 0 Å². The van der Waals surface area contributed by atoms with Crippen LogP contribution in [0.2, 0.25) is 0 Å². The Bertz CT molecular complexity index is 1160. The molecular weight excluding hydrogens is 422 g/mol. The number of rotatable bonds is 1. The lowest BCUT2D eigenvalue weighted by Crippen LogP contribution is -2.67. The predicted octanol–water partition coefficient (Wildman–Crippen LogP) is 6.49. The summed E-state index contributed by atoms with van der Waals surface area (Å²) in [7, 11) is 0. The van der Waals surface area contributed by atoms with Gasteiger partial charge in [-0.3, -0.25) is 9.59 Å². The predicted molar refractivity (Wildman–Crippen MR) is 135 cm³/mol. The van der Waals surface area contributed by atoms with Crippen molar-refractivity contribution in [3.63, 3.8) is 0 Å². The third-order valence-corrected chi connectivity index (χ3v) is 12.4. The Morgan fingerprint density at radius 3 is 2.21 bits per heavy atom. The fourth-order valence-corrected chi connectivity index (χ4v) is 9.30. The number of aliphatic hydroxyl groups is 1. The third kappa shape index (κ3) is 2.45. The lowest BCUT2D eigenvalue weighted by Gasteiger charge is -2.74. The standard InChI is InChI=1S/C30H41NO3/c1-18-19-8-9-22-27(4,20(19)16-21(32)23(18)33)13-15-29(6)28(22,5)14-12-26(3)11-10-25(2,24(31)34)17-30(26,29)7/h8-9,16,33H,10-15,17H2,1-7H3,(H2,31,34)/t25-,26-,27+,28-,29-,30-/m1/s1. The molecule has 184 valence electrons. The zero-order chi connectivity index (χ0) is 25.1. The summed E-state index contributed by atoms with van der Waals surface area (Å²) in [5, 5.41) is 10.3. The minimum atomic E-state index is -0.470. The summed E-state index contributed by atoms with van der Waals surface area (Å²) in [6, 6.07) is 0. The number of amides is 1. The highest BCUT2D eigenvalue weighted by Gasteiger charge is 2.72. The number of fused-ring (bicyclic) bond motifs is 7. The molecule has 0 aliphatic heterocycles. The van der Waals surface area contributed by atoms with E-state index in [1.807, 2.05) is 6.92 Å². The first kappa shape index (κ1) is 23.6. The van der Waals surface area contributed by atoms with E-state index in [4.69, 9.17) is 5.73 Å². The number of hydrogen-bond acceptors (Lipinski definition) is 3. The summed E-state index contributed by atoms with van der Waals surface area (Å²) in [5.74, 6) is -0.570. The molecule has 34 heavy (non-hydrogen) atoms. The second-order valence-corrected chi connectivity index (χ2v) is 13.5. The molecule has 5 aliphatic rings. The topological polar surface area (TPSA) is 80.4 Å². The first-order valence-electron chi connectivity index (χ1n) is 13.0. The van der Waals surface area contributed by atoms with Crippen LogP contribution in [0.15, 0.2) is 46.3 Å². The van der Waals surface area contributed by atoms with Gasteiger partial charge in [-0.2, -0.15) is 0 Å². The molecule has 3 fully saturated rings. The van der Waals surface area contributed by atoms with Crippen molar-refractivity contribution >= 4 is 11.7 Å². The Balaban J connectivity index is 1.69. The van der Waals surface area contributed by atoms with Gasteiger partial charge < -0.3 is 10.8 Å². The molecule has 5 aliphatic carbocycles. The number of carbonyl (C=O) groups excluding carboxylic acids is 2. The molecule has 5 rings (SSSR count). The highest BCUT2D eigenvalue weighted by Crippen LogP contribution is 2.79. The van der Waals surface area contributed by atoms with Gasteiger partial charge in [0, 0.05) is 16.4 Å². The Morgan fingerprint density at radius 1 is 0.912 bits per heavy atom. The maximum absolute atomic E-state index is 12.6. The molecule has 3 saturated carbocycles. The van der Waals surface area contributed by atoms with Gasteiger partial charge >= 0.3 is 0 Å². The molecule has 0 unspecified atom stereocenters. The molecule has 0 heterocycles. The van der Waals surface area contributed by atoms with Gasteiger partial charge in [0.1, 0.15) is 0 Å². The lowest BCUT2D eigenvalue weighted by atomic mass is 9.29. The molecule has 0 aromatic carbocycles. The fraction of sp³-hybridized carbons (Fsp3) is 0.667. The van der Waals surface area contributed by atoms with Gasteiger partial charge in [-0.1, -0.05) is 59.3 Å². The Morgan fingerprint density at radius 2 is 1.56 bits per heavy atom. The molecule has 3 N–H and O–H groups in total. The van der Waals surface area contributed by atoms with E-state index in [2.05, 4.69) is 53.7 Å². The largest absolute Gasteiger partial charge is 0.504 e. The Kier molecular flexibility index (Phi) is 4.56. The van der Waals surface area contributed by atoms with E-state index in [1.165, 1.54) is 5.57 Å². The molecule has 6 atom stereocenters. The molecule has 0 saturated heterocycles. The van der Waals surface area contributed by atoms with Crippen molar-refractivity contribution in [1.82, 2.24) is 0 Å². The van der Waals surface area contributed by atoms with E-state index in [0.29, 0.717) is 5.57 Å². The summed E-state index contributed by atoms with van der Waals surface area (Å²) in [5.41, 5.74) is 9.52. The molecular formula is C30H41NO3. The highest BCUT2D eigenvalue weighted by molar-refractivity contribution is 6.06. The van der Waals surface area contributed by atoms with E-state index in [9.17, 15) is 14.7 Å². The smallest absolute Gasteiger partial charge is 0.223 e. The van der Waals surface area contributed by atoms with Crippen LogP contribution in [0.3, 0.4) is 0 Å². The zero-order valence-electron chi connectivity index (χ0n) is 22.0. The van der Waals surface area contributed by atoms with Crippen LogP contribution in [0, 0.1) is 32.5 Å². The average molecular weight is 464 g/mol. The van der Waals surface area contributed by atoms with Gasteiger partial charge in [-0.15, -0.1) is 0 Å². The number of aliphatic hydroxyl groups excluding tert-OH is 1. The van der Waals surface area contributed by atoms with E-state index < -0.39 is 5.41 Å². The number of carbonyl (C=O) groups is 2. The molecule has 0 bridgehead atoms. The van der Waals surface area contributed by atoms with Gasteiger partial charge in [0.25, 0.3) is 0 Å². The number of primary amides is 1. The van der Waals surface area contributed by atoms with E-state index in [0.717, 1.165) is 56.1 Å². The van der Waals surface area contributed by atoms with Crippen LogP contribution in [0.25, 0.3) is 0 Å². The summed E-state index contributed by atoms with van der Waals surface area (Å²) in [4.78, 5) is 25.2. The van der Waals surface area contributed by atoms with Crippen molar-refractivity contribution < 1.29 is 14.7 Å². The van der Waals surface area contributed by atoms with Crippen LogP contribution in [0.5, 0.6) is 0 Å². The van der Waals surface area contributed by atoms with Gasteiger partial charge in [0.05, 0.1) is 0 Å². The average Bonchev–Trinajstić information content (AvgIpc) is 2.76. The van der Waals surface area contributed by atoms with Gasteiger partial charge in [0.15, 0.2) is 5.76 Å². The van der Waals surface area contributed by atoms with E-state index >= 15 is 0 Å². The fourth-order valence-electron chi connectivity index (χ4n) is 9.30. The highest BCUT2D eigenvalue weighted by atomic mass is 16.3. The number of nitrogens with two attached hydrogens (primary N) is 1. The van der Waals surface area contributed by atoms with Gasteiger partial charge in [0.2, 0.25) is 11.7 Å². The quantitative estimate of drug-likeness (QED) is 0.466. The normalized spacial score (nSPS) is 48.0. The van der Waals surface area contributed by atoms with Crippen LogP contribution in [-0.2, 0) is 9.59 Å². The number of allylic oxidation sites excluding steroid dienone is 7. The maximum atomic E-state index is 12.6. The Hall–Kier alpha value is -2.10. The van der Waals surface area contributed by atoms with Crippen LogP contribution in [0.1, 0.15) is 93.4 Å². The molecule has 0 radical (unpaired) electrons. The molecule has 4 heteroatoms. The SMILES string of the molecule is CC1=C(O)C(=O)C=C2C1=CC=C1[C@@]2(C)CC[C@@]2(C)[C@]3(C)C[C@](C)(C(N)=O)CC[C@]3(C)CC[C@]12C. The van der Waals surface area contributed by atoms with Crippen molar-refractivity contribution in [2.75, 3.05) is 0 Å². The molecule has 1 amide bonds. The number of hydrogen-bond donors (Lipinski definition) is 2. The van der Waals surface area contributed by atoms with Crippen LogP contribution < -0.4 is 5.73 Å². The van der Waals surface area contributed by atoms with Gasteiger partial charge in [-0.25, -0.2) is 0 Å². The second-order valence-electron chi connectivity index (χ2n) is 13.5. The number of ketones is 1. The summed E-state index contributed by atoms with van der Waals surface area (Å²) >= 11 is 0. The third-order valence-electron chi connectivity index (χ3n) is 12.4. The zero-order valence-corrected chi connectivity index (χ0v) is 22.0. The van der Waals surface area contributed by atoms with Crippen molar-refractivity contribution in [2.24, 2.45) is 38.2 Å². The van der Waals surface area contributed by atoms with E-state index in [-0.39, 0.29) is 44.5 Å². The van der Waals surface area contributed by atoms with E-state index in [1.54, 1.807) is 6.08 Å². The first-order chi connectivity index (χ1) is 15.6. The molecule has 0 aromatic heterocycles. The van der Waals surface area contributed by atoms with Crippen molar-refractivity contribution in [1.29, 1.82) is 0 Å². The van der Waals surface area contributed by atoms with Gasteiger partial charge in [-0.05, 0) is 90.8 Å². The second kappa shape index (κ2) is 6.56. The molecule has 0 spiro atoms. The Labute approximate surface area is 204 Å². The van der Waals surface area contributed by atoms with Crippen LogP contribution >= 0.6 is 0 Å². The maximum Gasteiger partial charge on any atom is 0.223 e. The minimum absolute atomic E-state index is 0.00687. The first-order valence-corrected chi connectivity index (χ1v) is 13.0. The molecule has 4 nitrogen and oxygen atoms in total. The summed E-state index contributed by atoms with van der Waals surface area (Å²) in [6.07, 6.45) is 13.1. The minimum Gasteiger partial charge on any atom is -0.504 e. The lowest BCUT2D eigenvalue weighted by molar-refractivity contribution is -0.223. The monoisotopic (exact) mass is 463 g/mol. The van der Waals surface area contributed by atoms with Crippen molar-refractivity contribution in [2.45, 2.75) is 93.4 Å². The van der Waals surface area contributed by atoms with Crippen LogP contribution in [-0.4, -0.2) is 16.8 Å². The summed E-state index contributed by atoms with van der Waals surface area (Å²) < 4.78 is 0. The van der Waals surface area contributed by atoms with Crippen molar-refractivity contribution in [3.05, 3.63) is 46.3 Å². The summed E-state index contributed by atoms with van der Waals surface area (Å²) in [6.45, 7) is 16.1. The van der Waals surface area contributed by atoms with Crippen molar-refractivity contribution in [3.8, 4) is 0 Å².